The molecule has 0 aliphatic heterocycles. The molecule has 0 aromatic carbocycles. The van der Waals surface area contributed by atoms with Crippen LogP contribution in [-0.4, -0.2) is 39.0 Å². The summed E-state index contributed by atoms with van der Waals surface area (Å²) >= 11 is 3.25. The first kappa shape index (κ1) is 13.6. The standard InChI is InChI=1S/C8H13BrN2O4S/c1-14-4-3-11-5-7(9)8(10-11)6-16(12,13)15-2/h5H,3-4,6H2,1-2H3. The number of methoxy groups -OCH3 is 1. The Bertz CT molecular complexity index is 443. The van der Waals surface area contributed by atoms with Crippen molar-refractivity contribution in [3.05, 3.63) is 16.4 Å². The van der Waals surface area contributed by atoms with Crippen LogP contribution in [-0.2, 0) is 31.3 Å². The van der Waals surface area contributed by atoms with E-state index >= 15 is 0 Å². The molecule has 8 heteroatoms. The second kappa shape index (κ2) is 5.76. The molecule has 0 aliphatic rings. The number of halogens is 1. The van der Waals surface area contributed by atoms with Gasteiger partial charge < -0.3 is 4.74 Å². The quantitative estimate of drug-likeness (QED) is 0.726. The summed E-state index contributed by atoms with van der Waals surface area (Å²) in [7, 11) is -0.817. The Balaban J connectivity index is 2.78. The minimum atomic E-state index is -3.54. The van der Waals surface area contributed by atoms with Gasteiger partial charge >= 0.3 is 0 Å². The lowest BCUT2D eigenvalue weighted by Crippen LogP contribution is -2.09. The first-order valence-electron chi connectivity index (χ1n) is 4.47. The summed E-state index contributed by atoms with van der Waals surface area (Å²) < 4.78 is 34.0. The van der Waals surface area contributed by atoms with Gasteiger partial charge in [-0.05, 0) is 15.9 Å². The van der Waals surface area contributed by atoms with Crippen LogP contribution >= 0.6 is 15.9 Å². The molecule has 92 valence electrons. The van der Waals surface area contributed by atoms with Gasteiger partial charge in [0.2, 0.25) is 0 Å². The highest BCUT2D eigenvalue weighted by Crippen LogP contribution is 2.17. The van der Waals surface area contributed by atoms with E-state index in [1.54, 1.807) is 18.0 Å². The fourth-order valence-corrected chi connectivity index (χ4v) is 2.37. The van der Waals surface area contributed by atoms with Gasteiger partial charge in [0.1, 0.15) is 5.75 Å². The first-order valence-corrected chi connectivity index (χ1v) is 6.84. The molecule has 0 N–H and O–H groups in total. The van der Waals surface area contributed by atoms with Crippen LogP contribution in [0.4, 0.5) is 0 Å². The van der Waals surface area contributed by atoms with Crippen molar-refractivity contribution in [3.8, 4) is 0 Å². The molecule has 0 saturated carbocycles. The van der Waals surface area contributed by atoms with Crippen molar-refractivity contribution in [2.24, 2.45) is 0 Å². The Labute approximate surface area is 103 Å². The molecule has 16 heavy (non-hydrogen) atoms. The maximum absolute atomic E-state index is 11.2. The molecule has 1 aromatic rings. The SMILES string of the molecule is COCCn1cc(Br)c(CS(=O)(=O)OC)n1. The fraction of sp³-hybridized carbons (Fsp3) is 0.625. The van der Waals surface area contributed by atoms with Gasteiger partial charge in [-0.3, -0.25) is 8.86 Å². The molecule has 0 fully saturated rings. The first-order chi connectivity index (χ1) is 7.48. The maximum atomic E-state index is 11.2. The third-order valence-electron chi connectivity index (χ3n) is 1.88. The van der Waals surface area contributed by atoms with Crippen molar-refractivity contribution in [1.82, 2.24) is 9.78 Å². The van der Waals surface area contributed by atoms with E-state index in [9.17, 15) is 8.42 Å². The number of aromatic nitrogens is 2. The lowest BCUT2D eigenvalue weighted by Gasteiger charge is -1.99. The smallest absolute Gasteiger partial charge is 0.272 e. The van der Waals surface area contributed by atoms with Crippen LogP contribution in [0.3, 0.4) is 0 Å². The van der Waals surface area contributed by atoms with Crippen molar-refractivity contribution < 1.29 is 17.3 Å². The third kappa shape index (κ3) is 3.85. The zero-order valence-electron chi connectivity index (χ0n) is 9.01. The van der Waals surface area contributed by atoms with E-state index in [0.29, 0.717) is 23.3 Å². The summed E-state index contributed by atoms with van der Waals surface area (Å²) in [5.74, 6) is -0.246. The van der Waals surface area contributed by atoms with Crippen LogP contribution < -0.4 is 0 Å². The van der Waals surface area contributed by atoms with E-state index < -0.39 is 10.1 Å². The van der Waals surface area contributed by atoms with Gasteiger partial charge in [0.05, 0.1) is 30.4 Å². The summed E-state index contributed by atoms with van der Waals surface area (Å²) in [5.41, 5.74) is 0.429. The van der Waals surface area contributed by atoms with Gasteiger partial charge in [-0.15, -0.1) is 0 Å². The molecular formula is C8H13BrN2O4S. The minimum Gasteiger partial charge on any atom is -0.383 e. The molecule has 0 saturated heterocycles. The van der Waals surface area contributed by atoms with Crippen LogP contribution in [0.5, 0.6) is 0 Å². The van der Waals surface area contributed by atoms with Crippen molar-refractivity contribution >= 4 is 26.0 Å². The molecule has 0 amide bonds. The van der Waals surface area contributed by atoms with Crippen LogP contribution in [0.2, 0.25) is 0 Å². The predicted octanol–water partition coefficient (Wildman–Crippen LogP) is 0.768. The Kier molecular flexibility index (Phi) is 4.90. The number of hydrogen-bond donors (Lipinski definition) is 0. The number of ether oxygens (including phenoxy) is 1. The highest BCUT2D eigenvalue weighted by Gasteiger charge is 2.16. The summed E-state index contributed by atoms with van der Waals surface area (Å²) in [6.45, 7) is 1.09. The van der Waals surface area contributed by atoms with E-state index in [0.717, 1.165) is 7.11 Å². The van der Waals surface area contributed by atoms with Gasteiger partial charge in [-0.1, -0.05) is 0 Å². The molecule has 0 radical (unpaired) electrons. The molecule has 0 spiro atoms. The third-order valence-corrected chi connectivity index (χ3v) is 3.68. The molecule has 1 rings (SSSR count). The van der Waals surface area contributed by atoms with Crippen LogP contribution in [0.25, 0.3) is 0 Å². The molecule has 6 nitrogen and oxygen atoms in total. The van der Waals surface area contributed by atoms with Gasteiger partial charge in [0.15, 0.2) is 0 Å². The van der Waals surface area contributed by atoms with Gasteiger partial charge in [0.25, 0.3) is 10.1 Å². The molecule has 1 aromatic heterocycles. The van der Waals surface area contributed by atoms with Crippen molar-refractivity contribution in [2.45, 2.75) is 12.3 Å². The largest absolute Gasteiger partial charge is 0.383 e. The topological polar surface area (TPSA) is 70.4 Å². The van der Waals surface area contributed by atoms with Crippen molar-refractivity contribution in [3.63, 3.8) is 0 Å². The summed E-state index contributed by atoms with van der Waals surface area (Å²) in [6.07, 6.45) is 1.71. The maximum Gasteiger partial charge on any atom is 0.272 e. The zero-order chi connectivity index (χ0) is 12.2. The van der Waals surface area contributed by atoms with Crippen LogP contribution in [0.15, 0.2) is 10.7 Å². The summed E-state index contributed by atoms with van der Waals surface area (Å²) in [4.78, 5) is 0. The molecule has 0 aliphatic carbocycles. The second-order valence-electron chi connectivity index (χ2n) is 3.05. The van der Waals surface area contributed by atoms with Gasteiger partial charge in [-0.2, -0.15) is 13.5 Å². The van der Waals surface area contributed by atoms with E-state index in [1.807, 2.05) is 0 Å². The number of rotatable bonds is 6. The van der Waals surface area contributed by atoms with Gasteiger partial charge in [0, 0.05) is 13.3 Å². The minimum absolute atomic E-state index is 0.246. The van der Waals surface area contributed by atoms with Gasteiger partial charge in [-0.25, -0.2) is 0 Å². The molecule has 1 heterocycles. The summed E-state index contributed by atoms with van der Waals surface area (Å²) in [5, 5.41) is 4.11. The average Bonchev–Trinajstić information content (AvgIpc) is 2.56. The van der Waals surface area contributed by atoms with E-state index in [2.05, 4.69) is 25.2 Å². The fourth-order valence-electron chi connectivity index (χ4n) is 1.06. The van der Waals surface area contributed by atoms with Crippen LogP contribution in [0, 0.1) is 0 Å². The Morgan fingerprint density at radius 2 is 2.19 bits per heavy atom. The Hall–Kier alpha value is -0.440. The molecule has 0 unspecified atom stereocenters. The highest BCUT2D eigenvalue weighted by atomic mass is 79.9. The Morgan fingerprint density at radius 3 is 2.75 bits per heavy atom. The van der Waals surface area contributed by atoms with E-state index in [-0.39, 0.29) is 5.75 Å². The van der Waals surface area contributed by atoms with Crippen molar-refractivity contribution in [1.29, 1.82) is 0 Å². The lowest BCUT2D eigenvalue weighted by molar-refractivity contribution is 0.183. The van der Waals surface area contributed by atoms with Crippen molar-refractivity contribution in [2.75, 3.05) is 20.8 Å². The van der Waals surface area contributed by atoms with E-state index in [1.165, 1.54) is 0 Å². The molecular weight excluding hydrogens is 300 g/mol. The van der Waals surface area contributed by atoms with Crippen LogP contribution in [0.1, 0.15) is 5.69 Å². The zero-order valence-corrected chi connectivity index (χ0v) is 11.4. The second-order valence-corrected chi connectivity index (χ2v) is 5.64. The normalized spacial score (nSPS) is 11.9. The molecule has 0 bridgehead atoms. The monoisotopic (exact) mass is 312 g/mol. The highest BCUT2D eigenvalue weighted by molar-refractivity contribution is 9.10. The molecule has 0 atom stereocenters. The number of hydrogen-bond acceptors (Lipinski definition) is 5. The summed E-state index contributed by atoms with van der Waals surface area (Å²) in [6, 6.07) is 0. The Morgan fingerprint density at radius 1 is 1.50 bits per heavy atom. The lowest BCUT2D eigenvalue weighted by atomic mass is 10.5. The predicted molar refractivity (Wildman–Crippen MR) is 61.4 cm³/mol. The van der Waals surface area contributed by atoms with E-state index in [4.69, 9.17) is 4.74 Å². The average molecular weight is 313 g/mol. The number of nitrogens with zero attached hydrogens (tertiary/aromatic N) is 2.